The van der Waals surface area contributed by atoms with Gasteiger partial charge in [0.05, 0.1) is 18.7 Å². The van der Waals surface area contributed by atoms with E-state index >= 15 is 0 Å². The molecule has 248 valence electrons. The second-order valence-corrected chi connectivity index (χ2v) is 13.6. The molecule has 0 heterocycles. The van der Waals surface area contributed by atoms with Crippen LogP contribution in [0.1, 0.15) is 42.3 Å². The highest BCUT2D eigenvalue weighted by Gasteiger charge is 2.38. The minimum absolute atomic E-state index is 0.122. The van der Waals surface area contributed by atoms with Crippen molar-refractivity contribution in [3.05, 3.63) is 130 Å². The van der Waals surface area contributed by atoms with Gasteiger partial charge in [-0.25, -0.2) is 35.2 Å². The summed E-state index contributed by atoms with van der Waals surface area (Å²) in [6, 6.07) is 19.6. The number of nitrogens with zero attached hydrogens (tertiary/aromatic N) is 2. The van der Waals surface area contributed by atoms with E-state index in [1.165, 1.54) is 48.5 Å². The van der Waals surface area contributed by atoms with E-state index < -0.39 is 74.6 Å². The molecule has 0 saturated heterocycles. The fourth-order valence-electron chi connectivity index (χ4n) is 4.40. The molecule has 0 spiro atoms. The second-order valence-electron chi connectivity index (χ2n) is 11.3. The summed E-state index contributed by atoms with van der Waals surface area (Å²) in [5.41, 5.74) is 0.370. The van der Waals surface area contributed by atoms with E-state index in [2.05, 4.69) is 0 Å². The number of esters is 1. The highest BCUT2D eigenvalue weighted by molar-refractivity contribution is 7.89. The summed E-state index contributed by atoms with van der Waals surface area (Å²) in [4.78, 5) is 25.6. The third-order valence-corrected chi connectivity index (χ3v) is 8.71. The molecule has 4 aromatic rings. The zero-order valence-electron chi connectivity index (χ0n) is 25.2. The molecule has 47 heavy (non-hydrogen) atoms. The normalized spacial score (nSPS) is 11.9. The molecule has 0 unspecified atom stereocenters. The highest BCUT2D eigenvalue weighted by Crippen LogP contribution is 2.31. The predicted octanol–water partition coefficient (Wildman–Crippen LogP) is 7.42. The fraction of sp³-hybridized carbons (Fsp3) is 0.212. The van der Waals surface area contributed by atoms with Crippen molar-refractivity contribution in [2.75, 3.05) is 11.4 Å². The molecule has 0 aliphatic carbocycles. The molecule has 0 saturated carbocycles. The zero-order chi connectivity index (χ0) is 34.7. The molecule has 0 aliphatic heterocycles. The summed E-state index contributed by atoms with van der Waals surface area (Å²) in [5, 5.41) is 0.267. The van der Waals surface area contributed by atoms with Crippen molar-refractivity contribution in [1.82, 2.24) is 4.31 Å². The molecule has 7 nitrogen and oxygen atoms in total. The molecule has 1 amide bonds. The maximum absolute atomic E-state index is 14.8. The van der Waals surface area contributed by atoms with Gasteiger partial charge >= 0.3 is 5.97 Å². The monoisotopic (exact) mass is 694 g/mol. The van der Waals surface area contributed by atoms with Crippen LogP contribution in [0.2, 0.25) is 5.02 Å². The standard InChI is InChI=1S/C33H28ClF5N2O5S/c1-33(2,3)46-32(43)22-11-15-24(16-12-22)41(18-20-7-5-4-6-8-20)25(42)19-40(17-21-9-13-23(34)14-10-21)47(44,45)31-29(38)27(36)26(35)28(37)30(31)39/h4-16H,17-19H2,1-3H3. The molecule has 0 fully saturated rings. The van der Waals surface area contributed by atoms with Crippen molar-refractivity contribution in [3.8, 4) is 0 Å². The highest BCUT2D eigenvalue weighted by atomic mass is 35.5. The number of ether oxygens (including phenoxy) is 1. The Morgan fingerprint density at radius 3 is 1.77 bits per heavy atom. The van der Waals surface area contributed by atoms with Gasteiger partial charge in [0, 0.05) is 17.3 Å². The van der Waals surface area contributed by atoms with Gasteiger partial charge in [-0.2, -0.15) is 4.31 Å². The first-order valence-corrected chi connectivity index (χ1v) is 15.7. The van der Waals surface area contributed by atoms with Gasteiger partial charge in [-0.05, 0) is 68.3 Å². The van der Waals surface area contributed by atoms with Crippen LogP contribution in [0.3, 0.4) is 0 Å². The molecular weight excluding hydrogens is 667 g/mol. The Hall–Kier alpha value is -4.33. The van der Waals surface area contributed by atoms with Crippen LogP contribution in [-0.4, -0.2) is 36.7 Å². The van der Waals surface area contributed by atoms with Crippen molar-refractivity contribution in [1.29, 1.82) is 0 Å². The van der Waals surface area contributed by atoms with Crippen LogP contribution in [-0.2, 0) is 32.6 Å². The fourth-order valence-corrected chi connectivity index (χ4v) is 6.02. The molecule has 0 aromatic heterocycles. The smallest absolute Gasteiger partial charge is 0.338 e. The molecule has 0 aliphatic rings. The number of rotatable bonds is 10. The Balaban J connectivity index is 1.78. The van der Waals surface area contributed by atoms with E-state index in [-0.39, 0.29) is 28.4 Å². The van der Waals surface area contributed by atoms with Crippen molar-refractivity contribution in [3.63, 3.8) is 0 Å². The van der Waals surface area contributed by atoms with Crippen molar-refractivity contribution < 1.29 is 44.7 Å². The van der Waals surface area contributed by atoms with Gasteiger partial charge in [0.2, 0.25) is 21.7 Å². The Labute approximate surface area is 273 Å². The second kappa shape index (κ2) is 14.2. The lowest BCUT2D eigenvalue weighted by Crippen LogP contribution is -2.43. The van der Waals surface area contributed by atoms with Crippen molar-refractivity contribution in [2.24, 2.45) is 0 Å². The summed E-state index contributed by atoms with van der Waals surface area (Å²) < 4.78 is 105. The average Bonchev–Trinajstić information content (AvgIpc) is 3.02. The number of anilines is 1. The number of amides is 1. The van der Waals surface area contributed by atoms with Gasteiger partial charge in [-0.1, -0.05) is 54.1 Å². The average molecular weight is 695 g/mol. The number of hydrogen-bond donors (Lipinski definition) is 0. The van der Waals surface area contributed by atoms with Gasteiger partial charge < -0.3 is 9.64 Å². The maximum atomic E-state index is 14.8. The topological polar surface area (TPSA) is 84.0 Å². The molecule has 0 N–H and O–H groups in total. The summed E-state index contributed by atoms with van der Waals surface area (Å²) in [5.74, 6) is -14.2. The molecule has 14 heteroatoms. The summed E-state index contributed by atoms with van der Waals surface area (Å²) >= 11 is 5.92. The van der Waals surface area contributed by atoms with Crippen LogP contribution in [0.4, 0.5) is 27.6 Å². The molecule has 0 radical (unpaired) electrons. The largest absolute Gasteiger partial charge is 0.456 e. The van der Waals surface area contributed by atoms with E-state index in [0.29, 0.717) is 9.87 Å². The molecular formula is C33H28ClF5N2O5S. The zero-order valence-corrected chi connectivity index (χ0v) is 26.8. The Kier molecular flexibility index (Phi) is 10.7. The number of carbonyl (C=O) groups excluding carboxylic acids is 2. The molecule has 0 bridgehead atoms. The van der Waals surface area contributed by atoms with E-state index in [4.69, 9.17) is 16.3 Å². The minimum atomic E-state index is -5.56. The first-order valence-electron chi connectivity index (χ1n) is 13.9. The minimum Gasteiger partial charge on any atom is -0.456 e. The number of benzene rings is 4. The first-order chi connectivity index (χ1) is 22.0. The quantitative estimate of drug-likeness (QED) is 0.0747. The lowest BCUT2D eigenvalue weighted by atomic mass is 10.1. The van der Waals surface area contributed by atoms with Crippen LogP contribution in [0.25, 0.3) is 0 Å². The lowest BCUT2D eigenvalue weighted by Gasteiger charge is -2.28. The Bertz CT molecular complexity index is 1860. The third kappa shape index (κ3) is 8.34. The van der Waals surface area contributed by atoms with Crippen LogP contribution >= 0.6 is 11.6 Å². The van der Waals surface area contributed by atoms with E-state index in [0.717, 1.165) is 4.90 Å². The van der Waals surface area contributed by atoms with E-state index in [1.807, 2.05) is 0 Å². The van der Waals surface area contributed by atoms with Gasteiger partial charge in [-0.3, -0.25) is 4.79 Å². The Morgan fingerprint density at radius 1 is 0.723 bits per heavy atom. The first kappa shape index (κ1) is 35.5. The maximum Gasteiger partial charge on any atom is 0.338 e. The predicted molar refractivity (Wildman–Crippen MR) is 165 cm³/mol. The summed E-state index contributed by atoms with van der Waals surface area (Å²) in [7, 11) is -5.56. The van der Waals surface area contributed by atoms with Crippen LogP contribution in [0.5, 0.6) is 0 Å². The SMILES string of the molecule is CC(C)(C)OC(=O)c1ccc(N(Cc2ccccc2)C(=O)CN(Cc2ccc(Cl)cc2)S(=O)(=O)c2c(F)c(F)c(F)c(F)c2F)cc1. The van der Waals surface area contributed by atoms with Gasteiger partial charge in [0.15, 0.2) is 28.2 Å². The number of hydrogen-bond acceptors (Lipinski definition) is 5. The van der Waals surface area contributed by atoms with Crippen LogP contribution < -0.4 is 4.90 Å². The van der Waals surface area contributed by atoms with Gasteiger partial charge in [0.25, 0.3) is 0 Å². The number of halogens is 6. The molecule has 4 rings (SSSR count). The summed E-state index contributed by atoms with van der Waals surface area (Å²) in [6.45, 7) is 3.15. The third-order valence-electron chi connectivity index (χ3n) is 6.65. The van der Waals surface area contributed by atoms with Crippen LogP contribution in [0.15, 0.2) is 83.8 Å². The summed E-state index contributed by atoms with van der Waals surface area (Å²) in [6.07, 6.45) is 0. The van der Waals surface area contributed by atoms with Crippen molar-refractivity contribution in [2.45, 2.75) is 44.4 Å². The van der Waals surface area contributed by atoms with E-state index in [9.17, 15) is 40.0 Å². The number of sulfonamides is 1. The lowest BCUT2D eigenvalue weighted by molar-refractivity contribution is -0.119. The molecule has 0 atom stereocenters. The van der Waals surface area contributed by atoms with E-state index in [1.54, 1.807) is 51.1 Å². The van der Waals surface area contributed by atoms with Gasteiger partial charge in [0.1, 0.15) is 5.60 Å². The Morgan fingerprint density at radius 2 is 1.23 bits per heavy atom. The van der Waals surface area contributed by atoms with Crippen molar-refractivity contribution >= 4 is 39.2 Å². The number of carbonyl (C=O) groups is 2. The van der Waals surface area contributed by atoms with Crippen LogP contribution in [0, 0.1) is 29.1 Å². The molecule has 4 aromatic carbocycles. The van der Waals surface area contributed by atoms with Gasteiger partial charge in [-0.15, -0.1) is 0 Å².